The maximum Gasteiger partial charge on any atom is 0.250 e. The molecule has 3 N–H and O–H groups in total. The van der Waals surface area contributed by atoms with Crippen molar-refractivity contribution in [1.82, 2.24) is 29.5 Å². The lowest BCUT2D eigenvalue weighted by Gasteiger charge is -2.34. The van der Waals surface area contributed by atoms with Gasteiger partial charge in [-0.2, -0.15) is 19.5 Å². The molecule has 10 nitrogen and oxygen atoms in total. The molecular formula is C25H28FN9O. The minimum atomic E-state index is -0.937. The molecular weight excluding hydrogens is 461 g/mol. The van der Waals surface area contributed by atoms with E-state index in [1.54, 1.807) is 0 Å². The summed E-state index contributed by atoms with van der Waals surface area (Å²) in [4.78, 5) is 28.8. The third-order valence-corrected chi connectivity index (χ3v) is 6.94. The Morgan fingerprint density at radius 1 is 1.19 bits per heavy atom. The standard InChI is InChI=1S/C25H28FN9O/c1-24(2)13-25(3,21(36)28-16-8-9-18(26)27-12-16)35(14-24)23-30-20-5-4-10-34(20)22(31-23)29-19-11-17(32-33-19)15-6-7-15/h4-5,8-12,15H,6-7,13-14H2,1-3H3,(H,28,36)(H2,29,30,31,32,33)/t25-/m0/s1. The molecule has 1 atom stereocenters. The van der Waals surface area contributed by atoms with E-state index < -0.39 is 11.5 Å². The van der Waals surface area contributed by atoms with Crippen molar-refractivity contribution in [3.63, 3.8) is 0 Å². The molecule has 0 aromatic carbocycles. The summed E-state index contributed by atoms with van der Waals surface area (Å²) in [5.74, 6) is 1.48. The van der Waals surface area contributed by atoms with Crippen molar-refractivity contribution in [3.8, 4) is 0 Å². The summed E-state index contributed by atoms with van der Waals surface area (Å²) in [5.41, 5.74) is 1.09. The van der Waals surface area contributed by atoms with Gasteiger partial charge in [-0.05, 0) is 55.9 Å². The number of H-pyrrole nitrogens is 1. The summed E-state index contributed by atoms with van der Waals surface area (Å²) in [7, 11) is 0. The largest absolute Gasteiger partial charge is 0.326 e. The number of pyridine rings is 1. The van der Waals surface area contributed by atoms with Crippen molar-refractivity contribution in [2.45, 2.75) is 51.5 Å². The predicted molar refractivity (Wildman–Crippen MR) is 134 cm³/mol. The quantitative estimate of drug-likeness (QED) is 0.347. The Balaban J connectivity index is 1.35. The molecule has 0 bridgehead atoms. The van der Waals surface area contributed by atoms with Gasteiger partial charge in [0, 0.05) is 24.7 Å². The highest BCUT2D eigenvalue weighted by molar-refractivity contribution is 6.00. The number of halogens is 1. The van der Waals surface area contributed by atoms with Crippen molar-refractivity contribution in [2.24, 2.45) is 5.41 Å². The van der Waals surface area contributed by atoms with Gasteiger partial charge in [0.2, 0.25) is 23.8 Å². The van der Waals surface area contributed by atoms with E-state index in [2.05, 4.69) is 39.7 Å². The van der Waals surface area contributed by atoms with Crippen LogP contribution in [0.1, 0.15) is 51.6 Å². The van der Waals surface area contributed by atoms with Crippen molar-refractivity contribution >= 4 is 35.0 Å². The molecule has 11 heteroatoms. The maximum atomic E-state index is 13.6. The zero-order valence-corrected chi connectivity index (χ0v) is 20.4. The summed E-state index contributed by atoms with van der Waals surface area (Å²) in [6.07, 6.45) is 6.13. The van der Waals surface area contributed by atoms with Gasteiger partial charge in [0.15, 0.2) is 0 Å². The monoisotopic (exact) mass is 489 g/mol. The molecule has 1 amide bonds. The van der Waals surface area contributed by atoms with Gasteiger partial charge in [-0.25, -0.2) is 4.98 Å². The third kappa shape index (κ3) is 4.04. The Kier molecular flexibility index (Phi) is 4.99. The van der Waals surface area contributed by atoms with Gasteiger partial charge < -0.3 is 15.5 Å². The molecule has 1 aliphatic heterocycles. The van der Waals surface area contributed by atoms with Gasteiger partial charge in [0.1, 0.15) is 17.0 Å². The predicted octanol–water partition coefficient (Wildman–Crippen LogP) is 4.24. The molecule has 0 radical (unpaired) electrons. The van der Waals surface area contributed by atoms with Crippen molar-refractivity contribution in [2.75, 3.05) is 22.1 Å². The average Bonchev–Trinajstić information content (AvgIpc) is 3.27. The molecule has 4 aromatic rings. The molecule has 5 heterocycles. The van der Waals surface area contributed by atoms with E-state index in [0.29, 0.717) is 42.1 Å². The highest BCUT2D eigenvalue weighted by Gasteiger charge is 2.52. The summed E-state index contributed by atoms with van der Waals surface area (Å²) < 4.78 is 15.1. The fraction of sp³-hybridized carbons (Fsp3) is 0.400. The number of hydrogen-bond donors (Lipinski definition) is 3. The van der Waals surface area contributed by atoms with E-state index >= 15 is 0 Å². The molecule has 36 heavy (non-hydrogen) atoms. The van der Waals surface area contributed by atoms with E-state index in [-0.39, 0.29) is 11.3 Å². The van der Waals surface area contributed by atoms with Crippen LogP contribution in [-0.2, 0) is 4.79 Å². The smallest absolute Gasteiger partial charge is 0.250 e. The minimum Gasteiger partial charge on any atom is -0.326 e. The summed E-state index contributed by atoms with van der Waals surface area (Å²) in [5, 5.41) is 13.7. The van der Waals surface area contributed by atoms with Gasteiger partial charge in [-0.15, -0.1) is 0 Å². The SMILES string of the molecule is CC1(C)CN(c2nc(Nc3cc(C4CC4)n[nH]3)n3cccc3n2)[C@](C)(C(=O)Nc2ccc(F)nc2)C1. The Morgan fingerprint density at radius 3 is 2.78 bits per heavy atom. The first-order valence-corrected chi connectivity index (χ1v) is 12.1. The third-order valence-electron chi connectivity index (χ3n) is 6.94. The second-order valence-corrected chi connectivity index (χ2v) is 10.7. The second-order valence-electron chi connectivity index (χ2n) is 10.7. The van der Waals surface area contributed by atoms with Crippen LogP contribution in [-0.4, -0.2) is 47.5 Å². The molecule has 1 saturated heterocycles. The van der Waals surface area contributed by atoms with E-state index in [1.165, 1.54) is 31.2 Å². The van der Waals surface area contributed by atoms with Gasteiger partial charge >= 0.3 is 0 Å². The van der Waals surface area contributed by atoms with Crippen LogP contribution in [0.25, 0.3) is 5.65 Å². The molecule has 4 aromatic heterocycles. The zero-order valence-electron chi connectivity index (χ0n) is 20.4. The maximum absolute atomic E-state index is 13.6. The first-order chi connectivity index (χ1) is 17.2. The van der Waals surface area contributed by atoms with Crippen LogP contribution in [0.15, 0.2) is 42.7 Å². The number of rotatable bonds is 6. The number of nitrogens with zero attached hydrogens (tertiary/aromatic N) is 6. The lowest BCUT2D eigenvalue weighted by atomic mass is 9.84. The fourth-order valence-electron chi connectivity index (χ4n) is 5.13. The van der Waals surface area contributed by atoms with E-state index in [1.807, 2.05) is 40.6 Å². The van der Waals surface area contributed by atoms with Crippen LogP contribution in [0.3, 0.4) is 0 Å². The number of fused-ring (bicyclic) bond motifs is 1. The normalized spacial score (nSPS) is 21.2. The average molecular weight is 490 g/mol. The fourth-order valence-corrected chi connectivity index (χ4v) is 5.13. The molecule has 1 aliphatic carbocycles. The Labute approximate surface area is 207 Å². The molecule has 2 fully saturated rings. The van der Waals surface area contributed by atoms with Crippen molar-refractivity contribution in [1.29, 1.82) is 0 Å². The minimum absolute atomic E-state index is 0.166. The highest BCUT2D eigenvalue weighted by atomic mass is 19.1. The number of anilines is 4. The molecule has 0 unspecified atom stereocenters. The number of carbonyl (C=O) groups is 1. The Hall–Kier alpha value is -4.02. The number of nitrogens with one attached hydrogen (secondary N) is 3. The zero-order chi connectivity index (χ0) is 25.1. The van der Waals surface area contributed by atoms with Crippen LogP contribution in [0, 0.1) is 11.4 Å². The van der Waals surface area contributed by atoms with Gasteiger partial charge in [-0.1, -0.05) is 13.8 Å². The molecule has 0 spiro atoms. The van der Waals surface area contributed by atoms with E-state index in [9.17, 15) is 9.18 Å². The van der Waals surface area contributed by atoms with Crippen molar-refractivity contribution < 1.29 is 9.18 Å². The van der Waals surface area contributed by atoms with Crippen LogP contribution < -0.4 is 15.5 Å². The number of hydrogen-bond acceptors (Lipinski definition) is 7. The van der Waals surface area contributed by atoms with Gasteiger partial charge in [0.05, 0.1) is 17.6 Å². The molecule has 1 saturated carbocycles. The van der Waals surface area contributed by atoms with E-state index in [4.69, 9.17) is 9.97 Å². The van der Waals surface area contributed by atoms with Crippen LogP contribution in [0.2, 0.25) is 0 Å². The number of amides is 1. The lowest BCUT2D eigenvalue weighted by Crippen LogP contribution is -2.51. The number of carbonyl (C=O) groups excluding carboxylic acids is 1. The number of aromatic nitrogens is 6. The first-order valence-electron chi connectivity index (χ1n) is 12.1. The summed E-state index contributed by atoms with van der Waals surface area (Å²) >= 11 is 0. The Bertz CT molecular complexity index is 1440. The molecule has 2 aliphatic rings. The van der Waals surface area contributed by atoms with Crippen molar-refractivity contribution in [3.05, 3.63) is 54.4 Å². The molecule has 6 rings (SSSR count). The summed E-state index contributed by atoms with van der Waals surface area (Å²) in [6, 6.07) is 8.55. The topological polar surface area (TPSA) is 116 Å². The van der Waals surface area contributed by atoms with Crippen LogP contribution >= 0.6 is 0 Å². The summed E-state index contributed by atoms with van der Waals surface area (Å²) in [6.45, 7) is 6.72. The molecule has 186 valence electrons. The van der Waals surface area contributed by atoms with Gasteiger partial charge in [-0.3, -0.25) is 14.3 Å². The second kappa shape index (κ2) is 8.00. The Morgan fingerprint density at radius 2 is 2.03 bits per heavy atom. The highest BCUT2D eigenvalue weighted by Crippen LogP contribution is 2.44. The van der Waals surface area contributed by atoms with Gasteiger partial charge in [0.25, 0.3) is 0 Å². The van der Waals surface area contributed by atoms with E-state index in [0.717, 1.165) is 11.5 Å². The van der Waals surface area contributed by atoms with Crippen LogP contribution in [0.5, 0.6) is 0 Å². The lowest BCUT2D eigenvalue weighted by molar-refractivity contribution is -0.120. The number of aromatic amines is 1. The first kappa shape index (κ1) is 22.4. The van der Waals surface area contributed by atoms with Crippen LogP contribution in [0.4, 0.5) is 27.8 Å².